The Morgan fingerprint density at radius 3 is 2.44 bits per heavy atom. The molecule has 0 unspecified atom stereocenters. The van der Waals surface area contributed by atoms with Gasteiger partial charge in [-0.3, -0.25) is 9.59 Å². The lowest BCUT2D eigenvalue weighted by molar-refractivity contribution is -0.116. The van der Waals surface area contributed by atoms with Gasteiger partial charge in [0.1, 0.15) is 15.8 Å². The first-order chi connectivity index (χ1) is 12.5. The first-order valence-corrected chi connectivity index (χ1v) is 8.63. The molecule has 0 atom stereocenters. The molecule has 27 heavy (non-hydrogen) atoms. The molecule has 0 fully saturated rings. The average Bonchev–Trinajstić information content (AvgIpc) is 2.55. The lowest BCUT2D eigenvalue weighted by atomic mass is 10.1. The SMILES string of the molecule is CC(Cl)(Cl)CC(=O)Nc1ccc(Cl)c(C(=O)Nc2ccc(F)c(N)c2F)c1. The van der Waals surface area contributed by atoms with E-state index in [1.807, 2.05) is 0 Å². The molecule has 0 heterocycles. The molecule has 2 rings (SSSR count). The second-order valence-electron chi connectivity index (χ2n) is 5.77. The Hall–Kier alpha value is -2.09. The topological polar surface area (TPSA) is 84.2 Å². The van der Waals surface area contributed by atoms with Crippen molar-refractivity contribution in [3.05, 3.63) is 52.6 Å². The van der Waals surface area contributed by atoms with Crippen molar-refractivity contribution in [3.8, 4) is 0 Å². The maximum absolute atomic E-state index is 14.0. The smallest absolute Gasteiger partial charge is 0.257 e. The Morgan fingerprint density at radius 2 is 1.81 bits per heavy atom. The number of nitrogens with one attached hydrogen (secondary N) is 2. The molecule has 0 saturated carbocycles. The van der Waals surface area contributed by atoms with Gasteiger partial charge in [-0.25, -0.2) is 8.78 Å². The highest BCUT2D eigenvalue weighted by Gasteiger charge is 2.22. The molecule has 0 spiro atoms. The number of amides is 2. The fourth-order valence-corrected chi connectivity index (χ4v) is 2.57. The first kappa shape index (κ1) is 21.2. The highest BCUT2D eigenvalue weighted by Crippen LogP contribution is 2.27. The van der Waals surface area contributed by atoms with Crippen LogP contribution in [0.3, 0.4) is 0 Å². The molecule has 144 valence electrons. The van der Waals surface area contributed by atoms with Crippen molar-refractivity contribution in [3.63, 3.8) is 0 Å². The summed E-state index contributed by atoms with van der Waals surface area (Å²) in [5, 5.41) is 4.83. The van der Waals surface area contributed by atoms with Crippen LogP contribution < -0.4 is 16.4 Å². The van der Waals surface area contributed by atoms with Crippen LogP contribution in [0, 0.1) is 11.6 Å². The second kappa shape index (κ2) is 8.29. The molecular formula is C17H14Cl3F2N3O2. The Kier molecular flexibility index (Phi) is 6.51. The number of nitrogens with two attached hydrogens (primary N) is 1. The monoisotopic (exact) mass is 435 g/mol. The summed E-state index contributed by atoms with van der Waals surface area (Å²) < 4.78 is 25.9. The predicted octanol–water partition coefficient (Wildman–Crippen LogP) is 4.98. The number of alkyl halides is 2. The first-order valence-electron chi connectivity index (χ1n) is 7.50. The molecule has 0 saturated heterocycles. The maximum Gasteiger partial charge on any atom is 0.257 e. The summed E-state index contributed by atoms with van der Waals surface area (Å²) >= 11 is 17.6. The van der Waals surface area contributed by atoms with E-state index in [-0.39, 0.29) is 28.4 Å². The molecule has 0 aliphatic heterocycles. The molecule has 0 aromatic heterocycles. The van der Waals surface area contributed by atoms with Gasteiger partial charge in [0, 0.05) is 5.69 Å². The second-order valence-corrected chi connectivity index (χ2v) is 8.04. The molecule has 0 radical (unpaired) electrons. The Bertz CT molecular complexity index is 902. The van der Waals surface area contributed by atoms with Crippen LogP contribution in [0.1, 0.15) is 23.7 Å². The van der Waals surface area contributed by atoms with Crippen LogP contribution in [0.2, 0.25) is 5.02 Å². The minimum Gasteiger partial charge on any atom is -0.394 e. The third-order valence-corrected chi connectivity index (χ3v) is 3.94. The molecule has 2 aromatic carbocycles. The van der Waals surface area contributed by atoms with E-state index in [1.165, 1.54) is 25.1 Å². The van der Waals surface area contributed by atoms with Crippen LogP contribution in [0.15, 0.2) is 30.3 Å². The van der Waals surface area contributed by atoms with Crippen LogP contribution >= 0.6 is 34.8 Å². The Morgan fingerprint density at radius 1 is 1.15 bits per heavy atom. The third-order valence-electron chi connectivity index (χ3n) is 3.34. The number of carbonyl (C=O) groups excluding carboxylic acids is 2. The fraction of sp³-hybridized carbons (Fsp3) is 0.176. The highest BCUT2D eigenvalue weighted by atomic mass is 35.5. The zero-order chi connectivity index (χ0) is 20.4. The summed E-state index contributed by atoms with van der Waals surface area (Å²) in [5.74, 6) is -3.31. The van der Waals surface area contributed by atoms with Crippen molar-refractivity contribution in [2.24, 2.45) is 0 Å². The van der Waals surface area contributed by atoms with E-state index >= 15 is 0 Å². The van der Waals surface area contributed by atoms with Crippen LogP contribution in [0.25, 0.3) is 0 Å². The summed E-state index contributed by atoms with van der Waals surface area (Å²) in [6, 6.07) is 6.08. The van der Waals surface area contributed by atoms with Crippen LogP contribution in [0.5, 0.6) is 0 Å². The van der Waals surface area contributed by atoms with Gasteiger partial charge in [-0.15, -0.1) is 23.2 Å². The van der Waals surface area contributed by atoms with E-state index < -0.39 is 33.5 Å². The number of anilines is 3. The highest BCUT2D eigenvalue weighted by molar-refractivity contribution is 6.49. The van der Waals surface area contributed by atoms with Crippen molar-refractivity contribution in [1.82, 2.24) is 0 Å². The van der Waals surface area contributed by atoms with Gasteiger partial charge in [0.05, 0.1) is 22.7 Å². The summed E-state index contributed by atoms with van der Waals surface area (Å²) in [6.07, 6.45) is -0.180. The van der Waals surface area contributed by atoms with Gasteiger partial charge in [-0.2, -0.15) is 0 Å². The van der Waals surface area contributed by atoms with Crippen molar-refractivity contribution >= 4 is 63.7 Å². The van der Waals surface area contributed by atoms with E-state index in [9.17, 15) is 18.4 Å². The molecule has 2 amide bonds. The van der Waals surface area contributed by atoms with Crippen molar-refractivity contribution in [1.29, 1.82) is 0 Å². The van der Waals surface area contributed by atoms with E-state index in [4.69, 9.17) is 40.5 Å². The molecule has 5 nitrogen and oxygen atoms in total. The number of benzene rings is 2. The van der Waals surface area contributed by atoms with Crippen molar-refractivity contribution < 1.29 is 18.4 Å². The summed E-state index contributed by atoms with van der Waals surface area (Å²) in [7, 11) is 0. The largest absolute Gasteiger partial charge is 0.394 e. The molecule has 0 aliphatic rings. The Balaban J connectivity index is 2.22. The molecule has 4 N–H and O–H groups in total. The molecule has 0 aliphatic carbocycles. The molecular weight excluding hydrogens is 423 g/mol. The summed E-state index contributed by atoms with van der Waals surface area (Å²) in [5.41, 5.74) is 4.44. The summed E-state index contributed by atoms with van der Waals surface area (Å²) in [4.78, 5) is 24.3. The normalized spacial score (nSPS) is 11.2. The molecule has 10 heteroatoms. The zero-order valence-electron chi connectivity index (χ0n) is 13.9. The van der Waals surface area contributed by atoms with Gasteiger partial charge >= 0.3 is 0 Å². The van der Waals surface area contributed by atoms with Gasteiger partial charge in [0.25, 0.3) is 5.91 Å². The molecule has 2 aromatic rings. The minimum atomic E-state index is -1.25. The van der Waals surface area contributed by atoms with Gasteiger partial charge < -0.3 is 16.4 Å². The maximum atomic E-state index is 14.0. The van der Waals surface area contributed by atoms with Crippen LogP contribution in [0.4, 0.5) is 25.8 Å². The third kappa shape index (κ3) is 5.69. The van der Waals surface area contributed by atoms with Crippen LogP contribution in [-0.4, -0.2) is 16.1 Å². The predicted molar refractivity (Wildman–Crippen MR) is 104 cm³/mol. The van der Waals surface area contributed by atoms with E-state index in [0.29, 0.717) is 0 Å². The van der Waals surface area contributed by atoms with Crippen molar-refractivity contribution in [2.75, 3.05) is 16.4 Å². The van der Waals surface area contributed by atoms with Crippen LogP contribution in [-0.2, 0) is 4.79 Å². The van der Waals surface area contributed by atoms with Crippen molar-refractivity contribution in [2.45, 2.75) is 17.7 Å². The van der Waals surface area contributed by atoms with Gasteiger partial charge in [-0.05, 0) is 37.3 Å². The standard InChI is InChI=1S/C17H14Cl3F2N3O2/c1-17(19,20)7-13(26)24-8-2-3-10(18)9(6-8)16(27)25-12-5-4-11(21)15(23)14(12)22/h2-6H,7,23H2,1H3,(H,24,26)(H,25,27). The minimum absolute atomic E-state index is 0.0451. The average molecular weight is 437 g/mol. The van der Waals surface area contributed by atoms with E-state index in [1.54, 1.807) is 0 Å². The van der Waals surface area contributed by atoms with E-state index in [2.05, 4.69) is 10.6 Å². The fourth-order valence-electron chi connectivity index (χ4n) is 2.12. The lowest BCUT2D eigenvalue weighted by Gasteiger charge is -2.14. The number of hydrogen-bond donors (Lipinski definition) is 3. The quantitative estimate of drug-likeness (QED) is 0.457. The Labute approximate surface area is 168 Å². The zero-order valence-corrected chi connectivity index (χ0v) is 16.1. The number of carbonyl (C=O) groups is 2. The number of halogens is 5. The van der Waals surface area contributed by atoms with E-state index in [0.717, 1.165) is 12.1 Å². The van der Waals surface area contributed by atoms with Gasteiger partial charge in [0.2, 0.25) is 5.91 Å². The van der Waals surface area contributed by atoms with Gasteiger partial charge in [-0.1, -0.05) is 11.6 Å². The number of nitrogen functional groups attached to an aromatic ring is 1. The number of rotatable bonds is 5. The number of hydrogen-bond acceptors (Lipinski definition) is 3. The molecule has 0 bridgehead atoms. The van der Waals surface area contributed by atoms with Gasteiger partial charge in [0.15, 0.2) is 5.82 Å². The lowest BCUT2D eigenvalue weighted by Crippen LogP contribution is -2.21. The summed E-state index contributed by atoms with van der Waals surface area (Å²) in [6.45, 7) is 1.46.